The number of carbonyl (C=O) groups is 1. The molecule has 2 aromatic carbocycles. The fourth-order valence-electron chi connectivity index (χ4n) is 4.55. The molecule has 0 radical (unpaired) electrons. The van der Waals surface area contributed by atoms with E-state index < -0.39 is 6.04 Å². The summed E-state index contributed by atoms with van der Waals surface area (Å²) in [6.45, 7) is 4.97. The third-order valence-corrected chi connectivity index (χ3v) is 6.30. The maximum atomic E-state index is 13.5. The molecule has 9 nitrogen and oxygen atoms in total. The lowest BCUT2D eigenvalue weighted by molar-refractivity contribution is 0.0713. The highest BCUT2D eigenvalue weighted by Crippen LogP contribution is 2.32. The molecule has 4 aromatic rings. The van der Waals surface area contributed by atoms with Crippen LogP contribution in [-0.4, -0.2) is 50.1 Å². The van der Waals surface area contributed by atoms with Crippen molar-refractivity contribution in [2.24, 2.45) is 5.16 Å². The van der Waals surface area contributed by atoms with E-state index in [4.69, 9.17) is 9.36 Å². The van der Waals surface area contributed by atoms with Gasteiger partial charge in [-0.05, 0) is 43.2 Å². The summed E-state index contributed by atoms with van der Waals surface area (Å²) >= 11 is 0. The van der Waals surface area contributed by atoms with Gasteiger partial charge in [0.1, 0.15) is 13.2 Å². The second-order valence-electron chi connectivity index (χ2n) is 8.89. The Hall–Kier alpha value is -4.27. The Bertz CT molecular complexity index is 1370. The van der Waals surface area contributed by atoms with Gasteiger partial charge in [-0.2, -0.15) is 10.1 Å². The second kappa shape index (κ2) is 10.2. The zero-order chi connectivity index (χ0) is 25.1. The molecular weight excluding hydrogens is 456 g/mol. The number of rotatable bonds is 7. The molecule has 1 atom stereocenters. The van der Waals surface area contributed by atoms with Gasteiger partial charge in [0.05, 0.1) is 18.0 Å². The minimum atomic E-state index is -0.407. The number of likely N-dealkylation sites (tertiary alicyclic amines) is 1. The average Bonchev–Trinajstić information content (AvgIpc) is 3.61. The van der Waals surface area contributed by atoms with Crippen molar-refractivity contribution in [1.29, 1.82) is 0 Å². The van der Waals surface area contributed by atoms with Gasteiger partial charge in [-0.25, -0.2) is 0 Å². The van der Waals surface area contributed by atoms with E-state index in [1.54, 1.807) is 4.90 Å². The van der Waals surface area contributed by atoms with Crippen LogP contribution in [0.1, 0.15) is 45.9 Å². The van der Waals surface area contributed by atoms with E-state index in [-0.39, 0.29) is 5.91 Å². The standard InChI is InChI=1S/C27H28N6O3/c1-18-15-19(2)33(29-18)14-13-25-28-26(36-31-25)24-16-23(30-35-3)17-32(24)27(34)22-11-9-21(10-12-22)20-7-5-4-6-8-20/h4-12,15,24H,13-14,16-17H2,1-3H3. The van der Waals surface area contributed by atoms with Crippen LogP contribution >= 0.6 is 0 Å². The molecule has 0 spiro atoms. The Morgan fingerprint density at radius 3 is 2.56 bits per heavy atom. The monoisotopic (exact) mass is 484 g/mol. The highest BCUT2D eigenvalue weighted by Gasteiger charge is 2.38. The molecule has 184 valence electrons. The molecule has 1 amide bonds. The summed E-state index contributed by atoms with van der Waals surface area (Å²) in [5, 5.41) is 12.7. The molecule has 5 rings (SSSR count). The molecular formula is C27H28N6O3. The molecule has 3 heterocycles. The summed E-state index contributed by atoms with van der Waals surface area (Å²) in [6, 6.07) is 19.3. The van der Waals surface area contributed by atoms with Gasteiger partial charge in [0.2, 0.25) is 5.89 Å². The first-order chi connectivity index (χ1) is 17.5. The minimum Gasteiger partial charge on any atom is -0.399 e. The number of benzene rings is 2. The lowest BCUT2D eigenvalue weighted by Crippen LogP contribution is -2.31. The Morgan fingerprint density at radius 1 is 1.11 bits per heavy atom. The fourth-order valence-corrected chi connectivity index (χ4v) is 4.55. The van der Waals surface area contributed by atoms with Crippen LogP contribution in [0.4, 0.5) is 0 Å². The number of hydrogen-bond acceptors (Lipinski definition) is 7. The zero-order valence-electron chi connectivity index (χ0n) is 20.6. The molecule has 9 heteroatoms. The van der Waals surface area contributed by atoms with Crippen molar-refractivity contribution in [1.82, 2.24) is 24.8 Å². The van der Waals surface area contributed by atoms with Gasteiger partial charge in [0.15, 0.2) is 5.82 Å². The van der Waals surface area contributed by atoms with Gasteiger partial charge in [-0.15, -0.1) is 0 Å². The minimum absolute atomic E-state index is 0.122. The van der Waals surface area contributed by atoms with Crippen LogP contribution in [0.15, 0.2) is 70.3 Å². The van der Waals surface area contributed by atoms with Gasteiger partial charge in [-0.3, -0.25) is 9.48 Å². The summed E-state index contributed by atoms with van der Waals surface area (Å²) in [4.78, 5) is 24.8. The predicted molar refractivity (Wildman–Crippen MR) is 134 cm³/mol. The highest BCUT2D eigenvalue weighted by molar-refractivity contribution is 6.00. The van der Waals surface area contributed by atoms with E-state index in [0.29, 0.717) is 43.2 Å². The first-order valence-electron chi connectivity index (χ1n) is 11.9. The van der Waals surface area contributed by atoms with Crippen molar-refractivity contribution >= 4 is 11.6 Å². The van der Waals surface area contributed by atoms with Crippen LogP contribution in [0.5, 0.6) is 0 Å². The van der Waals surface area contributed by atoms with Crippen molar-refractivity contribution in [2.75, 3.05) is 13.7 Å². The van der Waals surface area contributed by atoms with Gasteiger partial charge in [-0.1, -0.05) is 52.8 Å². The van der Waals surface area contributed by atoms with Crippen molar-refractivity contribution in [2.45, 2.75) is 39.3 Å². The number of aryl methyl sites for hydroxylation is 4. The number of oxime groups is 1. The van der Waals surface area contributed by atoms with Crippen LogP contribution in [0.2, 0.25) is 0 Å². The zero-order valence-corrected chi connectivity index (χ0v) is 20.6. The van der Waals surface area contributed by atoms with E-state index in [2.05, 4.69) is 20.4 Å². The molecule has 36 heavy (non-hydrogen) atoms. The molecule has 1 saturated heterocycles. The average molecular weight is 485 g/mol. The third kappa shape index (κ3) is 4.91. The van der Waals surface area contributed by atoms with Gasteiger partial charge >= 0.3 is 0 Å². The van der Waals surface area contributed by atoms with Gasteiger partial charge in [0, 0.05) is 30.6 Å². The molecule has 0 N–H and O–H groups in total. The van der Waals surface area contributed by atoms with E-state index in [1.165, 1.54) is 7.11 Å². The van der Waals surface area contributed by atoms with Crippen LogP contribution in [0, 0.1) is 13.8 Å². The number of aromatic nitrogens is 4. The lowest BCUT2D eigenvalue weighted by atomic mass is 10.0. The SMILES string of the molecule is CON=C1CC(c2nc(CCn3nc(C)cc3C)no2)N(C(=O)c2ccc(-c3ccccc3)cc2)C1. The quantitative estimate of drug-likeness (QED) is 0.361. The number of hydrogen-bond donors (Lipinski definition) is 0. The smallest absolute Gasteiger partial charge is 0.254 e. The highest BCUT2D eigenvalue weighted by atomic mass is 16.6. The lowest BCUT2D eigenvalue weighted by Gasteiger charge is -2.21. The Balaban J connectivity index is 1.34. The Labute approximate surface area is 209 Å². The van der Waals surface area contributed by atoms with E-state index in [9.17, 15) is 4.79 Å². The molecule has 1 aliphatic heterocycles. The van der Waals surface area contributed by atoms with Gasteiger partial charge < -0.3 is 14.3 Å². The predicted octanol–water partition coefficient (Wildman–Crippen LogP) is 4.38. The van der Waals surface area contributed by atoms with E-state index in [0.717, 1.165) is 28.2 Å². The first kappa shape index (κ1) is 23.5. The number of nitrogens with zero attached hydrogens (tertiary/aromatic N) is 6. The van der Waals surface area contributed by atoms with Crippen molar-refractivity contribution in [3.63, 3.8) is 0 Å². The molecule has 0 aliphatic carbocycles. The van der Waals surface area contributed by atoms with Crippen LogP contribution in [0.3, 0.4) is 0 Å². The first-order valence-corrected chi connectivity index (χ1v) is 11.9. The fraction of sp³-hybridized carbons (Fsp3) is 0.296. The maximum absolute atomic E-state index is 13.5. The van der Waals surface area contributed by atoms with Crippen LogP contribution < -0.4 is 0 Å². The Morgan fingerprint density at radius 2 is 1.86 bits per heavy atom. The Kier molecular flexibility index (Phi) is 6.62. The molecule has 0 bridgehead atoms. The number of amides is 1. The van der Waals surface area contributed by atoms with E-state index in [1.807, 2.05) is 79.2 Å². The van der Waals surface area contributed by atoms with Crippen molar-refractivity contribution in [3.05, 3.63) is 89.3 Å². The molecule has 1 aliphatic rings. The van der Waals surface area contributed by atoms with Crippen molar-refractivity contribution < 1.29 is 14.2 Å². The summed E-state index contributed by atoms with van der Waals surface area (Å²) in [6.07, 6.45) is 1.05. The normalized spacial score (nSPS) is 16.6. The summed E-state index contributed by atoms with van der Waals surface area (Å²) in [5.74, 6) is 0.853. The second-order valence-corrected chi connectivity index (χ2v) is 8.89. The van der Waals surface area contributed by atoms with Crippen LogP contribution in [-0.2, 0) is 17.8 Å². The summed E-state index contributed by atoms with van der Waals surface area (Å²) in [5.41, 5.74) is 5.55. The maximum Gasteiger partial charge on any atom is 0.254 e. The van der Waals surface area contributed by atoms with Crippen LogP contribution in [0.25, 0.3) is 11.1 Å². The molecule has 1 fully saturated rings. The summed E-state index contributed by atoms with van der Waals surface area (Å²) in [7, 11) is 1.50. The van der Waals surface area contributed by atoms with E-state index >= 15 is 0 Å². The van der Waals surface area contributed by atoms with Crippen molar-refractivity contribution in [3.8, 4) is 11.1 Å². The summed E-state index contributed by atoms with van der Waals surface area (Å²) < 4.78 is 7.54. The number of carbonyl (C=O) groups excluding carboxylic acids is 1. The topological polar surface area (TPSA) is 98.6 Å². The molecule has 0 saturated carbocycles. The third-order valence-electron chi connectivity index (χ3n) is 6.30. The largest absolute Gasteiger partial charge is 0.399 e. The molecule has 1 unspecified atom stereocenters. The molecule has 2 aromatic heterocycles. The van der Waals surface area contributed by atoms with Gasteiger partial charge in [0.25, 0.3) is 5.91 Å².